The van der Waals surface area contributed by atoms with Gasteiger partial charge in [-0.15, -0.1) is 0 Å². The highest BCUT2D eigenvalue weighted by molar-refractivity contribution is 5.22. The average Bonchev–Trinajstić information content (AvgIpc) is 2.19. The third kappa shape index (κ3) is 3.55. The Bertz CT molecular complexity index is 230. The highest BCUT2D eigenvalue weighted by atomic mass is 19.1. The summed E-state index contributed by atoms with van der Waals surface area (Å²) in [4.78, 5) is 0. The van der Waals surface area contributed by atoms with Crippen molar-refractivity contribution in [3.05, 3.63) is 35.4 Å². The minimum Gasteiger partial charge on any atom is -0.326 e. The second-order valence-corrected chi connectivity index (χ2v) is 3.17. The molecular weight excluding hydrogens is 165 g/mol. The van der Waals surface area contributed by atoms with Gasteiger partial charge >= 0.3 is 0 Å². The molecular formula is C11H16FN. The van der Waals surface area contributed by atoms with E-state index in [0.717, 1.165) is 18.4 Å². The van der Waals surface area contributed by atoms with Crippen LogP contribution in [-0.4, -0.2) is 6.67 Å². The van der Waals surface area contributed by atoms with Crippen molar-refractivity contribution >= 4 is 0 Å². The molecule has 0 atom stereocenters. The van der Waals surface area contributed by atoms with Crippen molar-refractivity contribution in [1.82, 2.24) is 0 Å². The van der Waals surface area contributed by atoms with Gasteiger partial charge < -0.3 is 5.73 Å². The Morgan fingerprint density at radius 1 is 1.00 bits per heavy atom. The quantitative estimate of drug-likeness (QED) is 0.694. The molecule has 0 fully saturated rings. The van der Waals surface area contributed by atoms with Crippen molar-refractivity contribution in [3.63, 3.8) is 0 Å². The molecule has 0 amide bonds. The third-order valence-electron chi connectivity index (χ3n) is 2.11. The molecule has 0 radical (unpaired) electrons. The average molecular weight is 181 g/mol. The lowest BCUT2D eigenvalue weighted by atomic mass is 10.1. The van der Waals surface area contributed by atoms with E-state index in [4.69, 9.17) is 5.73 Å². The van der Waals surface area contributed by atoms with E-state index in [1.54, 1.807) is 0 Å². The number of nitrogens with two attached hydrogens (primary N) is 1. The van der Waals surface area contributed by atoms with Crippen LogP contribution in [0.1, 0.15) is 24.0 Å². The Hall–Kier alpha value is -0.890. The summed E-state index contributed by atoms with van der Waals surface area (Å²) >= 11 is 0. The summed E-state index contributed by atoms with van der Waals surface area (Å²) in [7, 11) is 0. The van der Waals surface area contributed by atoms with Crippen LogP contribution < -0.4 is 5.73 Å². The van der Waals surface area contributed by atoms with Gasteiger partial charge in [-0.3, -0.25) is 4.39 Å². The molecule has 72 valence electrons. The minimum atomic E-state index is -0.207. The fourth-order valence-electron chi connectivity index (χ4n) is 1.27. The second kappa shape index (κ2) is 5.70. The summed E-state index contributed by atoms with van der Waals surface area (Å²) in [5, 5.41) is 0. The molecule has 13 heavy (non-hydrogen) atoms. The molecule has 0 bridgehead atoms. The number of benzene rings is 1. The molecule has 1 nitrogen and oxygen atoms in total. The Labute approximate surface area is 78.8 Å². The van der Waals surface area contributed by atoms with E-state index in [1.807, 2.05) is 12.1 Å². The zero-order valence-electron chi connectivity index (χ0n) is 7.80. The number of aryl methyl sites for hydroxylation is 1. The van der Waals surface area contributed by atoms with Gasteiger partial charge in [-0.25, -0.2) is 0 Å². The van der Waals surface area contributed by atoms with Gasteiger partial charge in [0.15, 0.2) is 0 Å². The highest BCUT2D eigenvalue weighted by Crippen LogP contribution is 2.07. The fraction of sp³-hybridized carbons (Fsp3) is 0.455. The zero-order chi connectivity index (χ0) is 9.52. The lowest BCUT2D eigenvalue weighted by molar-refractivity contribution is 0.462. The molecule has 1 aromatic carbocycles. The van der Waals surface area contributed by atoms with E-state index < -0.39 is 0 Å². The minimum absolute atomic E-state index is 0.207. The Morgan fingerprint density at radius 2 is 1.62 bits per heavy atom. The Balaban J connectivity index is 2.40. The molecule has 0 aromatic heterocycles. The van der Waals surface area contributed by atoms with E-state index >= 15 is 0 Å². The van der Waals surface area contributed by atoms with Crippen LogP contribution in [0, 0.1) is 0 Å². The predicted molar refractivity (Wildman–Crippen MR) is 53.2 cm³/mol. The van der Waals surface area contributed by atoms with Crippen LogP contribution in [-0.2, 0) is 13.0 Å². The van der Waals surface area contributed by atoms with Crippen LogP contribution >= 0.6 is 0 Å². The molecule has 0 aliphatic rings. The van der Waals surface area contributed by atoms with Crippen LogP contribution in [0.3, 0.4) is 0 Å². The lowest BCUT2D eigenvalue weighted by Crippen LogP contribution is -1.96. The van der Waals surface area contributed by atoms with Gasteiger partial charge in [0, 0.05) is 6.54 Å². The van der Waals surface area contributed by atoms with Gasteiger partial charge in [0.2, 0.25) is 0 Å². The van der Waals surface area contributed by atoms with Crippen LogP contribution in [0.5, 0.6) is 0 Å². The number of rotatable bonds is 5. The highest BCUT2D eigenvalue weighted by Gasteiger charge is 1.93. The van der Waals surface area contributed by atoms with Gasteiger partial charge in [0.25, 0.3) is 0 Å². The summed E-state index contributed by atoms with van der Waals surface area (Å²) in [6.45, 7) is 0.381. The molecule has 2 heteroatoms. The van der Waals surface area contributed by atoms with Crippen molar-refractivity contribution in [2.24, 2.45) is 5.73 Å². The lowest BCUT2D eigenvalue weighted by Gasteiger charge is -2.01. The van der Waals surface area contributed by atoms with Gasteiger partial charge in [-0.05, 0) is 30.4 Å². The first kappa shape index (κ1) is 10.2. The molecule has 2 N–H and O–H groups in total. The van der Waals surface area contributed by atoms with Crippen LogP contribution in [0.25, 0.3) is 0 Å². The third-order valence-corrected chi connectivity index (χ3v) is 2.11. The van der Waals surface area contributed by atoms with Crippen molar-refractivity contribution < 1.29 is 4.39 Å². The number of alkyl halides is 1. The molecule has 1 rings (SSSR count). The maximum absolute atomic E-state index is 11.8. The Kier molecular flexibility index (Phi) is 4.47. The molecule has 0 heterocycles. The van der Waals surface area contributed by atoms with Crippen LogP contribution in [0.2, 0.25) is 0 Å². The first-order valence-corrected chi connectivity index (χ1v) is 4.70. The summed E-state index contributed by atoms with van der Waals surface area (Å²) in [6, 6.07) is 8.20. The topological polar surface area (TPSA) is 26.0 Å². The van der Waals surface area contributed by atoms with E-state index in [-0.39, 0.29) is 6.67 Å². The SMILES string of the molecule is NCc1ccc(CCCCF)cc1. The normalized spacial score (nSPS) is 10.3. The van der Waals surface area contributed by atoms with Crippen molar-refractivity contribution in [2.45, 2.75) is 25.8 Å². The smallest absolute Gasteiger partial charge is 0.0894 e. The van der Waals surface area contributed by atoms with E-state index in [2.05, 4.69) is 12.1 Å². The molecule has 0 saturated heterocycles. The van der Waals surface area contributed by atoms with Crippen LogP contribution in [0.4, 0.5) is 4.39 Å². The van der Waals surface area contributed by atoms with E-state index in [1.165, 1.54) is 5.56 Å². The number of hydrogen-bond donors (Lipinski definition) is 1. The molecule has 0 unspecified atom stereocenters. The maximum Gasteiger partial charge on any atom is 0.0894 e. The van der Waals surface area contributed by atoms with Gasteiger partial charge in [0.1, 0.15) is 0 Å². The number of unbranched alkanes of at least 4 members (excludes halogenated alkanes) is 1. The molecule has 0 aliphatic heterocycles. The largest absolute Gasteiger partial charge is 0.326 e. The Morgan fingerprint density at radius 3 is 2.15 bits per heavy atom. The van der Waals surface area contributed by atoms with Crippen molar-refractivity contribution in [3.8, 4) is 0 Å². The van der Waals surface area contributed by atoms with Crippen LogP contribution in [0.15, 0.2) is 24.3 Å². The molecule has 0 spiro atoms. The van der Waals surface area contributed by atoms with E-state index in [0.29, 0.717) is 13.0 Å². The number of halogens is 1. The monoisotopic (exact) mass is 181 g/mol. The summed E-state index contributed by atoms with van der Waals surface area (Å²) in [5.74, 6) is 0. The van der Waals surface area contributed by atoms with Gasteiger partial charge in [-0.2, -0.15) is 0 Å². The first-order valence-electron chi connectivity index (χ1n) is 4.70. The molecule has 0 saturated carbocycles. The number of hydrogen-bond acceptors (Lipinski definition) is 1. The van der Waals surface area contributed by atoms with Crippen molar-refractivity contribution in [2.75, 3.05) is 6.67 Å². The zero-order valence-corrected chi connectivity index (χ0v) is 7.80. The van der Waals surface area contributed by atoms with E-state index in [9.17, 15) is 4.39 Å². The van der Waals surface area contributed by atoms with Gasteiger partial charge in [0.05, 0.1) is 6.67 Å². The van der Waals surface area contributed by atoms with Crippen molar-refractivity contribution in [1.29, 1.82) is 0 Å². The molecule has 1 aromatic rings. The first-order chi connectivity index (χ1) is 6.36. The summed E-state index contributed by atoms with van der Waals surface area (Å²) in [6.07, 6.45) is 2.56. The fourth-order valence-corrected chi connectivity index (χ4v) is 1.27. The second-order valence-electron chi connectivity index (χ2n) is 3.17. The standard InChI is InChI=1S/C11H16FN/c12-8-2-1-3-10-4-6-11(9-13)7-5-10/h4-7H,1-3,8-9,13H2. The predicted octanol–water partition coefficient (Wildman–Crippen LogP) is 2.44. The summed E-state index contributed by atoms with van der Waals surface area (Å²) < 4.78 is 11.8. The summed E-state index contributed by atoms with van der Waals surface area (Å²) in [5.41, 5.74) is 7.89. The maximum atomic E-state index is 11.8. The molecule has 0 aliphatic carbocycles. The van der Waals surface area contributed by atoms with Gasteiger partial charge in [-0.1, -0.05) is 24.3 Å².